The largest absolute Gasteiger partial charge is 0.381 e. The second-order valence-corrected chi connectivity index (χ2v) is 5.37. The minimum Gasteiger partial charge on any atom is -0.381 e. The number of hydrogen-bond acceptors (Lipinski definition) is 2. The standard InChI is InChI=1S/C14H20ClNO/c1-17-13-5-7-14(10-16,8-6-13)11-3-2-4-12(15)9-11/h2-4,9,13H,5-8,10,16H2,1H3/t13-,14+. The second kappa shape index (κ2) is 5.38. The van der Waals surface area contributed by atoms with Crippen LogP contribution < -0.4 is 5.73 Å². The van der Waals surface area contributed by atoms with Gasteiger partial charge in [-0.3, -0.25) is 0 Å². The van der Waals surface area contributed by atoms with Crippen LogP contribution in [0.25, 0.3) is 0 Å². The first kappa shape index (κ1) is 12.9. The van der Waals surface area contributed by atoms with Crippen LogP contribution in [0, 0.1) is 0 Å². The molecule has 1 aromatic carbocycles. The van der Waals surface area contributed by atoms with E-state index < -0.39 is 0 Å². The molecule has 0 unspecified atom stereocenters. The van der Waals surface area contributed by atoms with Crippen LogP contribution in [0.15, 0.2) is 24.3 Å². The van der Waals surface area contributed by atoms with Gasteiger partial charge in [-0.15, -0.1) is 0 Å². The average Bonchev–Trinajstić information content (AvgIpc) is 2.39. The highest BCUT2D eigenvalue weighted by Gasteiger charge is 2.35. The lowest BCUT2D eigenvalue weighted by Crippen LogP contribution is -2.40. The van der Waals surface area contributed by atoms with Crippen molar-refractivity contribution in [3.05, 3.63) is 34.9 Å². The summed E-state index contributed by atoms with van der Waals surface area (Å²) in [7, 11) is 1.79. The molecule has 2 rings (SSSR count). The topological polar surface area (TPSA) is 35.2 Å². The minimum atomic E-state index is 0.0972. The van der Waals surface area contributed by atoms with Crippen molar-refractivity contribution in [1.29, 1.82) is 0 Å². The van der Waals surface area contributed by atoms with E-state index in [9.17, 15) is 0 Å². The molecular formula is C14H20ClNO. The van der Waals surface area contributed by atoms with Crippen LogP contribution in [0.1, 0.15) is 31.2 Å². The third-order valence-corrected chi connectivity index (χ3v) is 4.29. The summed E-state index contributed by atoms with van der Waals surface area (Å²) in [5.41, 5.74) is 7.40. The number of nitrogens with two attached hydrogens (primary N) is 1. The Kier molecular flexibility index (Phi) is 4.08. The van der Waals surface area contributed by atoms with E-state index in [1.165, 1.54) is 5.56 Å². The summed E-state index contributed by atoms with van der Waals surface area (Å²) < 4.78 is 5.42. The Morgan fingerprint density at radius 2 is 2.12 bits per heavy atom. The molecule has 0 bridgehead atoms. The summed E-state index contributed by atoms with van der Waals surface area (Å²) >= 11 is 6.07. The first-order valence-corrected chi connectivity index (χ1v) is 6.57. The smallest absolute Gasteiger partial charge is 0.0572 e. The SMILES string of the molecule is CO[C@H]1CC[C@@](CN)(c2cccc(Cl)c2)CC1. The summed E-state index contributed by atoms with van der Waals surface area (Å²) in [5, 5.41) is 0.796. The Morgan fingerprint density at radius 1 is 1.41 bits per heavy atom. The molecule has 0 spiro atoms. The number of benzene rings is 1. The van der Waals surface area contributed by atoms with Gasteiger partial charge in [0, 0.05) is 24.1 Å². The monoisotopic (exact) mass is 253 g/mol. The van der Waals surface area contributed by atoms with Gasteiger partial charge in [0.2, 0.25) is 0 Å². The van der Waals surface area contributed by atoms with Gasteiger partial charge in [0.25, 0.3) is 0 Å². The van der Waals surface area contributed by atoms with Gasteiger partial charge in [0.05, 0.1) is 6.10 Å². The molecule has 0 heterocycles. The van der Waals surface area contributed by atoms with Crippen LogP contribution in [0.3, 0.4) is 0 Å². The van der Waals surface area contributed by atoms with Gasteiger partial charge >= 0.3 is 0 Å². The Balaban J connectivity index is 2.21. The lowest BCUT2D eigenvalue weighted by molar-refractivity contribution is 0.0498. The zero-order valence-electron chi connectivity index (χ0n) is 10.3. The van der Waals surface area contributed by atoms with Gasteiger partial charge in [-0.05, 0) is 43.4 Å². The van der Waals surface area contributed by atoms with Crippen LogP contribution in [-0.4, -0.2) is 19.8 Å². The second-order valence-electron chi connectivity index (χ2n) is 4.93. The van der Waals surface area contributed by atoms with Crippen molar-refractivity contribution in [2.24, 2.45) is 5.73 Å². The molecule has 0 saturated heterocycles. The molecule has 0 radical (unpaired) electrons. The summed E-state index contributed by atoms with van der Waals surface area (Å²) in [6, 6.07) is 8.13. The van der Waals surface area contributed by atoms with Crippen LogP contribution in [-0.2, 0) is 10.2 Å². The molecule has 1 fully saturated rings. The fourth-order valence-electron chi connectivity index (χ4n) is 2.81. The van der Waals surface area contributed by atoms with Crippen LogP contribution in [0.5, 0.6) is 0 Å². The Labute approximate surface area is 108 Å². The molecule has 0 aromatic heterocycles. The van der Waals surface area contributed by atoms with Crippen molar-refractivity contribution in [1.82, 2.24) is 0 Å². The lowest BCUT2D eigenvalue weighted by Gasteiger charge is -2.39. The summed E-state index contributed by atoms with van der Waals surface area (Å²) in [6.45, 7) is 0.684. The average molecular weight is 254 g/mol. The maximum absolute atomic E-state index is 6.07. The molecule has 0 atom stereocenters. The first-order valence-electron chi connectivity index (χ1n) is 6.19. The predicted octanol–water partition coefficient (Wildman–Crippen LogP) is 3.13. The van der Waals surface area contributed by atoms with Crippen molar-refractivity contribution in [3.63, 3.8) is 0 Å². The number of ether oxygens (including phenoxy) is 1. The molecule has 2 N–H and O–H groups in total. The van der Waals surface area contributed by atoms with E-state index in [2.05, 4.69) is 12.1 Å². The predicted molar refractivity (Wildman–Crippen MR) is 71.4 cm³/mol. The summed E-state index contributed by atoms with van der Waals surface area (Å²) in [4.78, 5) is 0. The van der Waals surface area contributed by atoms with Gasteiger partial charge in [-0.25, -0.2) is 0 Å². The Hall–Kier alpha value is -0.570. The van der Waals surface area contributed by atoms with Crippen molar-refractivity contribution >= 4 is 11.6 Å². The highest BCUT2D eigenvalue weighted by atomic mass is 35.5. The summed E-state index contributed by atoms with van der Waals surface area (Å²) in [6.07, 6.45) is 4.74. The van der Waals surface area contributed by atoms with Crippen molar-refractivity contribution in [3.8, 4) is 0 Å². The van der Waals surface area contributed by atoms with Crippen molar-refractivity contribution in [2.45, 2.75) is 37.2 Å². The quantitative estimate of drug-likeness (QED) is 0.898. The molecule has 94 valence electrons. The van der Waals surface area contributed by atoms with Crippen LogP contribution >= 0.6 is 11.6 Å². The third kappa shape index (κ3) is 2.65. The number of halogens is 1. The van der Waals surface area contributed by atoms with E-state index >= 15 is 0 Å². The number of rotatable bonds is 3. The zero-order chi connectivity index (χ0) is 12.3. The van der Waals surface area contributed by atoms with Gasteiger partial charge in [-0.2, -0.15) is 0 Å². The van der Waals surface area contributed by atoms with E-state index in [1.54, 1.807) is 7.11 Å². The Bertz CT molecular complexity index is 372. The normalized spacial score (nSPS) is 29.2. The van der Waals surface area contributed by atoms with Gasteiger partial charge in [0.15, 0.2) is 0 Å². The van der Waals surface area contributed by atoms with Gasteiger partial charge in [0.1, 0.15) is 0 Å². The maximum Gasteiger partial charge on any atom is 0.0572 e. The third-order valence-electron chi connectivity index (χ3n) is 4.05. The molecular weight excluding hydrogens is 234 g/mol. The lowest BCUT2D eigenvalue weighted by atomic mass is 9.69. The molecule has 0 amide bonds. The van der Waals surface area contributed by atoms with Crippen LogP contribution in [0.2, 0.25) is 5.02 Å². The molecule has 2 nitrogen and oxygen atoms in total. The molecule has 3 heteroatoms. The molecule has 1 saturated carbocycles. The van der Waals surface area contributed by atoms with E-state index in [0.29, 0.717) is 12.6 Å². The highest BCUT2D eigenvalue weighted by molar-refractivity contribution is 6.30. The van der Waals surface area contributed by atoms with E-state index in [4.69, 9.17) is 22.1 Å². The van der Waals surface area contributed by atoms with Gasteiger partial charge < -0.3 is 10.5 Å². The molecule has 1 aliphatic rings. The fourth-order valence-corrected chi connectivity index (χ4v) is 3.00. The summed E-state index contributed by atoms with van der Waals surface area (Å²) in [5.74, 6) is 0. The highest BCUT2D eigenvalue weighted by Crippen LogP contribution is 2.40. The van der Waals surface area contributed by atoms with Crippen molar-refractivity contribution < 1.29 is 4.74 Å². The first-order chi connectivity index (χ1) is 8.20. The fraction of sp³-hybridized carbons (Fsp3) is 0.571. The zero-order valence-corrected chi connectivity index (χ0v) is 11.0. The molecule has 17 heavy (non-hydrogen) atoms. The number of methoxy groups -OCH3 is 1. The molecule has 1 aromatic rings. The van der Waals surface area contributed by atoms with E-state index in [0.717, 1.165) is 30.7 Å². The maximum atomic E-state index is 6.07. The Morgan fingerprint density at radius 3 is 2.65 bits per heavy atom. The molecule has 1 aliphatic carbocycles. The van der Waals surface area contributed by atoms with Crippen molar-refractivity contribution in [2.75, 3.05) is 13.7 Å². The van der Waals surface area contributed by atoms with Gasteiger partial charge in [-0.1, -0.05) is 23.7 Å². The number of hydrogen-bond donors (Lipinski definition) is 1. The van der Waals surface area contributed by atoms with E-state index in [-0.39, 0.29) is 5.41 Å². The van der Waals surface area contributed by atoms with E-state index in [1.807, 2.05) is 12.1 Å². The van der Waals surface area contributed by atoms with Crippen LogP contribution in [0.4, 0.5) is 0 Å². The minimum absolute atomic E-state index is 0.0972. The molecule has 0 aliphatic heterocycles.